The van der Waals surface area contributed by atoms with Crippen LogP contribution < -0.4 is 0 Å². The van der Waals surface area contributed by atoms with Gasteiger partial charge in [0.25, 0.3) is 0 Å². The first-order valence-corrected chi connectivity index (χ1v) is 10.2. The van der Waals surface area contributed by atoms with Gasteiger partial charge in [-0.1, -0.05) is 96.8 Å². The van der Waals surface area contributed by atoms with Crippen LogP contribution in [0.25, 0.3) is 0 Å². The van der Waals surface area contributed by atoms with Crippen molar-refractivity contribution in [2.24, 2.45) is 0 Å². The largest absolute Gasteiger partial charge is 0.236 e. The Bertz CT molecular complexity index is 210. The molecule has 0 radical (unpaired) electrons. The monoisotopic (exact) mass is 312 g/mol. The van der Waals surface area contributed by atoms with Gasteiger partial charge in [-0.05, 0) is 19.3 Å². The predicted octanol–water partition coefficient (Wildman–Crippen LogP) is 6.97. The number of unbranched alkanes of at least 4 members (excludes halogenated alkanes) is 11. The minimum absolute atomic E-state index is 0.364. The Morgan fingerprint density at radius 3 is 1.91 bits per heavy atom. The van der Waals surface area contributed by atoms with Gasteiger partial charge in [0.1, 0.15) is 0 Å². The molecule has 0 saturated carbocycles. The standard InChI is InChI=1S/C20H40O2/c1-2-3-4-5-6-7-8-9-10-11-12-14-17-20-18-15-13-16-19-21-22-20/h20H,2-19H2,1H3. The first kappa shape index (κ1) is 20.0. The van der Waals surface area contributed by atoms with Crippen LogP contribution in [0.4, 0.5) is 0 Å². The molecule has 0 aromatic rings. The fourth-order valence-electron chi connectivity index (χ4n) is 3.31. The third kappa shape index (κ3) is 12.5. The molecule has 0 aliphatic carbocycles. The highest BCUT2D eigenvalue weighted by Crippen LogP contribution is 2.18. The van der Waals surface area contributed by atoms with Crippen LogP contribution in [0.2, 0.25) is 0 Å². The van der Waals surface area contributed by atoms with Crippen molar-refractivity contribution in [1.82, 2.24) is 0 Å². The topological polar surface area (TPSA) is 18.5 Å². The van der Waals surface area contributed by atoms with Crippen molar-refractivity contribution in [2.45, 2.75) is 122 Å². The van der Waals surface area contributed by atoms with E-state index in [1.54, 1.807) is 0 Å². The van der Waals surface area contributed by atoms with Crippen molar-refractivity contribution in [3.63, 3.8) is 0 Å². The van der Waals surface area contributed by atoms with Crippen molar-refractivity contribution in [1.29, 1.82) is 0 Å². The Kier molecular flexibility index (Phi) is 14.3. The number of hydrogen-bond donors (Lipinski definition) is 0. The lowest BCUT2D eigenvalue weighted by atomic mass is 10.0. The minimum Gasteiger partial charge on any atom is -0.236 e. The lowest BCUT2D eigenvalue weighted by molar-refractivity contribution is -0.330. The molecular weight excluding hydrogens is 272 g/mol. The van der Waals surface area contributed by atoms with Gasteiger partial charge in [0.05, 0.1) is 12.7 Å². The summed E-state index contributed by atoms with van der Waals surface area (Å²) in [7, 11) is 0. The second-order valence-electron chi connectivity index (χ2n) is 7.07. The maximum absolute atomic E-state index is 5.48. The van der Waals surface area contributed by atoms with Crippen molar-refractivity contribution in [3.05, 3.63) is 0 Å². The smallest absolute Gasteiger partial charge is 0.0930 e. The maximum Gasteiger partial charge on any atom is 0.0930 e. The Balaban J connectivity index is 1.77. The first-order chi connectivity index (χ1) is 10.9. The zero-order valence-electron chi connectivity index (χ0n) is 15.1. The van der Waals surface area contributed by atoms with E-state index < -0.39 is 0 Å². The van der Waals surface area contributed by atoms with Gasteiger partial charge >= 0.3 is 0 Å². The molecule has 0 amide bonds. The molecule has 0 aromatic heterocycles. The number of hydrogen-bond acceptors (Lipinski definition) is 2. The van der Waals surface area contributed by atoms with Crippen LogP contribution in [0.1, 0.15) is 116 Å². The molecule has 2 heteroatoms. The molecule has 0 spiro atoms. The molecule has 132 valence electrons. The minimum atomic E-state index is 0.364. The highest BCUT2D eigenvalue weighted by atomic mass is 17.2. The third-order valence-corrected chi connectivity index (χ3v) is 4.84. The molecule has 1 aliphatic heterocycles. The van der Waals surface area contributed by atoms with Gasteiger partial charge < -0.3 is 0 Å². The molecule has 22 heavy (non-hydrogen) atoms. The van der Waals surface area contributed by atoms with Crippen molar-refractivity contribution in [2.75, 3.05) is 6.61 Å². The average molecular weight is 313 g/mol. The van der Waals surface area contributed by atoms with Crippen molar-refractivity contribution >= 4 is 0 Å². The van der Waals surface area contributed by atoms with E-state index in [1.807, 2.05) is 0 Å². The van der Waals surface area contributed by atoms with Gasteiger partial charge in [0.2, 0.25) is 0 Å². The lowest BCUT2D eigenvalue weighted by Gasteiger charge is -2.19. The van der Waals surface area contributed by atoms with Gasteiger partial charge in [0.15, 0.2) is 0 Å². The second kappa shape index (κ2) is 15.8. The summed E-state index contributed by atoms with van der Waals surface area (Å²) >= 11 is 0. The van der Waals surface area contributed by atoms with Crippen LogP contribution in [-0.2, 0) is 9.78 Å². The van der Waals surface area contributed by atoms with Crippen LogP contribution in [0.3, 0.4) is 0 Å². The summed E-state index contributed by atoms with van der Waals surface area (Å²) in [6.07, 6.45) is 23.5. The van der Waals surface area contributed by atoms with E-state index in [0.717, 1.165) is 13.0 Å². The molecule has 0 aromatic carbocycles. The fourth-order valence-corrected chi connectivity index (χ4v) is 3.31. The molecule has 2 nitrogen and oxygen atoms in total. The summed E-state index contributed by atoms with van der Waals surface area (Å²) < 4.78 is 0. The van der Waals surface area contributed by atoms with Gasteiger partial charge in [-0.25, -0.2) is 9.78 Å². The molecule has 1 atom stereocenters. The second-order valence-corrected chi connectivity index (χ2v) is 7.07. The molecular formula is C20H40O2. The van der Waals surface area contributed by atoms with E-state index in [2.05, 4.69) is 6.92 Å². The first-order valence-electron chi connectivity index (χ1n) is 10.2. The van der Waals surface area contributed by atoms with Gasteiger partial charge in [0, 0.05) is 0 Å². The zero-order chi connectivity index (χ0) is 15.7. The highest BCUT2D eigenvalue weighted by Gasteiger charge is 2.12. The van der Waals surface area contributed by atoms with Gasteiger partial charge in [-0.3, -0.25) is 0 Å². The normalized spacial score (nSPS) is 19.8. The fraction of sp³-hybridized carbons (Fsp3) is 1.00. The highest BCUT2D eigenvalue weighted by molar-refractivity contribution is 4.59. The molecule has 1 rings (SSSR count). The average Bonchev–Trinajstić information content (AvgIpc) is 2.50. The van der Waals surface area contributed by atoms with E-state index in [9.17, 15) is 0 Å². The summed E-state index contributed by atoms with van der Waals surface area (Å²) in [6, 6.07) is 0. The van der Waals surface area contributed by atoms with E-state index in [-0.39, 0.29) is 0 Å². The molecule has 0 bridgehead atoms. The summed E-state index contributed by atoms with van der Waals surface area (Å²) in [6.45, 7) is 3.07. The van der Waals surface area contributed by atoms with Crippen LogP contribution in [0, 0.1) is 0 Å². The Morgan fingerprint density at radius 1 is 0.682 bits per heavy atom. The quantitative estimate of drug-likeness (QED) is 0.270. The predicted molar refractivity (Wildman–Crippen MR) is 95.0 cm³/mol. The van der Waals surface area contributed by atoms with Crippen molar-refractivity contribution in [3.8, 4) is 0 Å². The number of rotatable bonds is 13. The van der Waals surface area contributed by atoms with Gasteiger partial charge in [-0.15, -0.1) is 0 Å². The summed E-state index contributed by atoms with van der Waals surface area (Å²) in [5.41, 5.74) is 0. The van der Waals surface area contributed by atoms with Crippen LogP contribution in [-0.4, -0.2) is 12.7 Å². The zero-order valence-corrected chi connectivity index (χ0v) is 15.1. The molecule has 0 N–H and O–H groups in total. The summed E-state index contributed by atoms with van der Waals surface area (Å²) in [5.74, 6) is 0. The van der Waals surface area contributed by atoms with E-state index in [4.69, 9.17) is 9.78 Å². The Morgan fingerprint density at radius 2 is 1.27 bits per heavy atom. The van der Waals surface area contributed by atoms with E-state index in [1.165, 1.54) is 103 Å². The Labute approximate surface area is 139 Å². The molecule has 1 heterocycles. The maximum atomic E-state index is 5.48. The van der Waals surface area contributed by atoms with E-state index in [0.29, 0.717) is 6.10 Å². The molecule has 1 unspecified atom stereocenters. The van der Waals surface area contributed by atoms with Crippen LogP contribution in [0.15, 0.2) is 0 Å². The van der Waals surface area contributed by atoms with Gasteiger partial charge in [-0.2, -0.15) is 0 Å². The third-order valence-electron chi connectivity index (χ3n) is 4.84. The molecule has 1 aliphatic rings. The Hall–Kier alpha value is -0.0800. The molecule has 1 fully saturated rings. The van der Waals surface area contributed by atoms with Crippen LogP contribution >= 0.6 is 0 Å². The SMILES string of the molecule is CCCCCCCCCCCCCCC1CCCCCOO1. The lowest BCUT2D eigenvalue weighted by Crippen LogP contribution is -2.16. The summed E-state index contributed by atoms with van der Waals surface area (Å²) in [5, 5.41) is 0. The van der Waals surface area contributed by atoms with Crippen LogP contribution in [0.5, 0.6) is 0 Å². The van der Waals surface area contributed by atoms with E-state index >= 15 is 0 Å². The van der Waals surface area contributed by atoms with Crippen molar-refractivity contribution < 1.29 is 9.78 Å². The summed E-state index contributed by atoms with van der Waals surface area (Å²) in [4.78, 5) is 10.7. The molecule has 1 saturated heterocycles.